The van der Waals surface area contributed by atoms with Gasteiger partial charge in [-0.3, -0.25) is 14.4 Å². The summed E-state index contributed by atoms with van der Waals surface area (Å²) in [5.41, 5.74) is 0.0646. The lowest BCUT2D eigenvalue weighted by Gasteiger charge is -2.37. The third kappa shape index (κ3) is 5.59. The molecule has 2 heterocycles. The number of nitrogens with zero attached hydrogens (tertiary/aromatic N) is 2. The van der Waals surface area contributed by atoms with E-state index in [2.05, 4.69) is 16.7 Å². The number of benzene rings is 1. The van der Waals surface area contributed by atoms with E-state index in [-0.39, 0.29) is 48.1 Å². The molecule has 3 amide bonds. The molecule has 2 N–H and O–H groups in total. The van der Waals surface area contributed by atoms with Gasteiger partial charge in [-0.15, -0.1) is 0 Å². The van der Waals surface area contributed by atoms with Gasteiger partial charge in [-0.2, -0.15) is 5.26 Å². The van der Waals surface area contributed by atoms with Crippen LogP contribution in [0.2, 0.25) is 10.0 Å². The van der Waals surface area contributed by atoms with Crippen LogP contribution in [0.1, 0.15) is 44.9 Å². The second-order valence-corrected chi connectivity index (χ2v) is 10.4. The average Bonchev–Trinajstić information content (AvgIpc) is 3.36. The third-order valence-electron chi connectivity index (χ3n) is 7.19. The van der Waals surface area contributed by atoms with Crippen LogP contribution in [0.4, 0.5) is 0 Å². The van der Waals surface area contributed by atoms with E-state index < -0.39 is 6.04 Å². The van der Waals surface area contributed by atoms with Gasteiger partial charge in [0.05, 0.1) is 11.1 Å². The average molecular weight is 507 g/mol. The molecule has 1 spiro atoms. The lowest BCUT2D eigenvalue weighted by molar-refractivity contribution is -0.135. The fourth-order valence-electron chi connectivity index (χ4n) is 5.26. The van der Waals surface area contributed by atoms with Crippen LogP contribution in [0.3, 0.4) is 0 Å². The van der Waals surface area contributed by atoms with Crippen LogP contribution in [0.5, 0.6) is 5.75 Å². The van der Waals surface area contributed by atoms with Gasteiger partial charge in [0.2, 0.25) is 11.8 Å². The van der Waals surface area contributed by atoms with Gasteiger partial charge in [0.25, 0.3) is 5.91 Å². The summed E-state index contributed by atoms with van der Waals surface area (Å²) in [5.74, 6) is -0.448. The first-order chi connectivity index (χ1) is 16.3. The molecule has 1 saturated carbocycles. The van der Waals surface area contributed by atoms with Gasteiger partial charge in [0.15, 0.2) is 6.61 Å². The number of nitrogens with one attached hydrogen (secondary N) is 2. The molecule has 2 saturated heterocycles. The predicted molar refractivity (Wildman–Crippen MR) is 126 cm³/mol. The Morgan fingerprint density at radius 3 is 2.76 bits per heavy atom. The molecule has 10 heteroatoms. The number of carbonyl (C=O) groups excluding carboxylic acids is 3. The fourth-order valence-corrected chi connectivity index (χ4v) is 5.72. The highest BCUT2D eigenvalue weighted by molar-refractivity contribution is 6.35. The quantitative estimate of drug-likeness (QED) is 0.562. The Labute approximate surface area is 208 Å². The van der Waals surface area contributed by atoms with Crippen molar-refractivity contribution in [3.05, 3.63) is 28.2 Å². The summed E-state index contributed by atoms with van der Waals surface area (Å²) >= 11 is 12.1. The van der Waals surface area contributed by atoms with Crippen molar-refractivity contribution in [3.8, 4) is 11.8 Å². The van der Waals surface area contributed by atoms with E-state index in [0.717, 1.165) is 25.7 Å². The number of likely N-dealkylation sites (tertiary alicyclic amines) is 1. The second-order valence-electron chi connectivity index (χ2n) is 9.56. The largest absolute Gasteiger partial charge is 0.482 e. The van der Waals surface area contributed by atoms with Crippen molar-refractivity contribution in [1.29, 1.82) is 5.26 Å². The summed E-state index contributed by atoms with van der Waals surface area (Å²) in [6.45, 7) is 1.01. The maximum Gasteiger partial charge on any atom is 0.260 e. The Morgan fingerprint density at radius 1 is 1.35 bits per heavy atom. The number of nitriles is 1. The number of rotatable bonds is 8. The van der Waals surface area contributed by atoms with E-state index in [1.807, 2.05) is 0 Å². The maximum absolute atomic E-state index is 13.1. The SMILES string of the molecule is N#C[C@H](C[C@@H]1CCNC1=O)NC(=O)C[C@@H]1CC2(CCC2)CN1C(=O)COc1ccc(Cl)cc1Cl. The number of halogens is 2. The van der Waals surface area contributed by atoms with Crippen molar-refractivity contribution >= 4 is 40.9 Å². The Bertz CT molecular complexity index is 1010. The molecule has 2 aliphatic heterocycles. The molecule has 8 nitrogen and oxygen atoms in total. The van der Waals surface area contributed by atoms with E-state index in [9.17, 15) is 19.6 Å². The fraction of sp³-hybridized carbons (Fsp3) is 0.583. The second kappa shape index (κ2) is 10.4. The van der Waals surface area contributed by atoms with E-state index in [1.165, 1.54) is 0 Å². The Hall–Kier alpha value is -2.50. The van der Waals surface area contributed by atoms with Gasteiger partial charge in [-0.25, -0.2) is 0 Å². The lowest BCUT2D eigenvalue weighted by Crippen LogP contribution is -2.44. The van der Waals surface area contributed by atoms with E-state index in [0.29, 0.717) is 41.7 Å². The summed E-state index contributed by atoms with van der Waals surface area (Å²) < 4.78 is 5.64. The molecule has 0 unspecified atom stereocenters. The summed E-state index contributed by atoms with van der Waals surface area (Å²) in [6, 6.07) is 5.91. The minimum atomic E-state index is -0.736. The number of carbonyl (C=O) groups is 3. The first-order valence-corrected chi connectivity index (χ1v) is 12.4. The number of hydrogen-bond acceptors (Lipinski definition) is 5. The minimum Gasteiger partial charge on any atom is -0.482 e. The zero-order valence-corrected chi connectivity index (χ0v) is 20.3. The Balaban J connectivity index is 1.35. The molecule has 1 aromatic carbocycles. The van der Waals surface area contributed by atoms with Gasteiger partial charge < -0.3 is 20.3 Å². The van der Waals surface area contributed by atoms with Crippen molar-refractivity contribution in [1.82, 2.24) is 15.5 Å². The Kier molecular flexibility index (Phi) is 7.54. The van der Waals surface area contributed by atoms with Gasteiger partial charge in [0, 0.05) is 36.5 Å². The molecular weight excluding hydrogens is 479 g/mol. The minimum absolute atomic E-state index is 0.0646. The predicted octanol–water partition coefficient (Wildman–Crippen LogP) is 3.07. The van der Waals surface area contributed by atoms with Crippen LogP contribution in [0.15, 0.2) is 18.2 Å². The van der Waals surface area contributed by atoms with Crippen LogP contribution in [0, 0.1) is 22.7 Å². The monoisotopic (exact) mass is 506 g/mol. The molecule has 3 aliphatic rings. The molecule has 182 valence electrons. The molecule has 3 fully saturated rings. The van der Waals surface area contributed by atoms with Crippen molar-refractivity contribution < 1.29 is 19.1 Å². The maximum atomic E-state index is 13.1. The highest BCUT2D eigenvalue weighted by Crippen LogP contribution is 2.50. The van der Waals surface area contributed by atoms with Crippen LogP contribution >= 0.6 is 23.2 Å². The molecule has 4 rings (SSSR count). The van der Waals surface area contributed by atoms with Crippen LogP contribution in [-0.2, 0) is 14.4 Å². The number of ether oxygens (including phenoxy) is 1. The normalized spacial score (nSPS) is 23.7. The van der Waals surface area contributed by atoms with Crippen molar-refractivity contribution in [2.75, 3.05) is 19.7 Å². The third-order valence-corrected chi connectivity index (χ3v) is 7.72. The highest BCUT2D eigenvalue weighted by Gasteiger charge is 2.49. The molecule has 34 heavy (non-hydrogen) atoms. The van der Waals surface area contributed by atoms with Crippen LogP contribution in [-0.4, -0.2) is 54.4 Å². The molecule has 0 aromatic heterocycles. The van der Waals surface area contributed by atoms with Crippen LogP contribution < -0.4 is 15.4 Å². The van der Waals surface area contributed by atoms with Crippen molar-refractivity contribution in [2.24, 2.45) is 11.3 Å². The summed E-state index contributed by atoms with van der Waals surface area (Å²) in [4.78, 5) is 39.4. The molecule has 1 aliphatic carbocycles. The van der Waals surface area contributed by atoms with Crippen molar-refractivity contribution in [2.45, 2.75) is 57.0 Å². The smallest absolute Gasteiger partial charge is 0.260 e. The van der Waals surface area contributed by atoms with Gasteiger partial charge in [0.1, 0.15) is 11.8 Å². The Morgan fingerprint density at radius 2 is 2.15 bits per heavy atom. The lowest BCUT2D eigenvalue weighted by atomic mass is 9.67. The highest BCUT2D eigenvalue weighted by atomic mass is 35.5. The summed E-state index contributed by atoms with van der Waals surface area (Å²) in [6.07, 6.45) is 5.03. The summed E-state index contributed by atoms with van der Waals surface area (Å²) in [7, 11) is 0. The van der Waals surface area contributed by atoms with E-state index in [1.54, 1.807) is 23.1 Å². The van der Waals surface area contributed by atoms with E-state index >= 15 is 0 Å². The summed E-state index contributed by atoms with van der Waals surface area (Å²) in [5, 5.41) is 15.8. The molecule has 0 bridgehead atoms. The molecule has 1 aromatic rings. The van der Waals surface area contributed by atoms with Crippen molar-refractivity contribution in [3.63, 3.8) is 0 Å². The van der Waals surface area contributed by atoms with Crippen LogP contribution in [0.25, 0.3) is 0 Å². The topological polar surface area (TPSA) is 112 Å². The first kappa shape index (κ1) is 24.6. The number of hydrogen-bond donors (Lipinski definition) is 2. The standard InChI is InChI=1S/C24H28Cl2N4O4/c25-16-2-3-20(19(26)9-16)34-13-22(32)30-14-24(5-1-6-24)11-18(30)10-21(31)29-17(12-27)8-15-4-7-28-23(15)33/h2-3,9,15,17-18H,1,4-8,10-11,13-14H2,(H,28,33)(H,29,31)/t15-,17-,18+/m0/s1. The van der Waals surface area contributed by atoms with Gasteiger partial charge >= 0.3 is 0 Å². The molecular formula is C24H28Cl2N4O4. The molecule has 3 atom stereocenters. The molecule has 0 radical (unpaired) electrons. The first-order valence-electron chi connectivity index (χ1n) is 11.6. The van der Waals surface area contributed by atoms with Gasteiger partial charge in [-0.1, -0.05) is 29.6 Å². The van der Waals surface area contributed by atoms with E-state index in [4.69, 9.17) is 27.9 Å². The zero-order valence-electron chi connectivity index (χ0n) is 18.8. The zero-order chi connectivity index (χ0) is 24.3. The number of amides is 3. The van der Waals surface area contributed by atoms with Gasteiger partial charge in [-0.05, 0) is 55.7 Å².